The summed E-state index contributed by atoms with van der Waals surface area (Å²) in [4.78, 5) is 11.4. The van der Waals surface area contributed by atoms with E-state index in [1.165, 1.54) is 17.3 Å². The highest BCUT2D eigenvalue weighted by atomic mass is 127. The zero-order chi connectivity index (χ0) is 21.8. The van der Waals surface area contributed by atoms with Crippen LogP contribution in [0.5, 0.6) is 0 Å². The third-order valence-electron chi connectivity index (χ3n) is 5.04. The van der Waals surface area contributed by atoms with Crippen LogP contribution in [0, 0.1) is 11.2 Å². The first-order valence-corrected chi connectivity index (χ1v) is 11.3. The van der Waals surface area contributed by atoms with Gasteiger partial charge in [-0.15, -0.1) is 0 Å². The zero-order valence-electron chi connectivity index (χ0n) is 16.7. The summed E-state index contributed by atoms with van der Waals surface area (Å²) in [6, 6.07) is 2.69. The number of fused-ring (bicyclic) bond motifs is 1. The van der Waals surface area contributed by atoms with Gasteiger partial charge in [-0.05, 0) is 34.7 Å². The van der Waals surface area contributed by atoms with E-state index < -0.39 is 15.7 Å². The fourth-order valence-corrected chi connectivity index (χ4v) is 4.58. The highest BCUT2D eigenvalue weighted by Crippen LogP contribution is 2.34. The monoisotopic (exact) mass is 568 g/mol. The number of benzene rings is 1. The minimum atomic E-state index is -1.30. The van der Waals surface area contributed by atoms with Gasteiger partial charge in [-0.3, -0.25) is 0 Å². The Bertz CT molecular complexity index is 973. The lowest BCUT2D eigenvalue weighted by Gasteiger charge is -2.29. The Morgan fingerprint density at radius 1 is 1.33 bits per heavy atom. The fraction of sp³-hybridized carbons (Fsp3) is 0.526. The van der Waals surface area contributed by atoms with Gasteiger partial charge < -0.3 is 4.90 Å². The Balaban J connectivity index is 1.67. The van der Waals surface area contributed by atoms with Crippen molar-refractivity contribution in [1.29, 1.82) is 0 Å². The first-order valence-electron chi connectivity index (χ1n) is 9.49. The molecule has 1 aromatic carbocycles. The van der Waals surface area contributed by atoms with Crippen LogP contribution < -0.4 is 5.43 Å². The summed E-state index contributed by atoms with van der Waals surface area (Å²) >= 11 is 14.2. The molecule has 4 rings (SSSR count). The van der Waals surface area contributed by atoms with Crippen LogP contribution >= 0.6 is 45.8 Å². The number of alkyl halides is 2. The van der Waals surface area contributed by atoms with Crippen molar-refractivity contribution in [2.24, 2.45) is 20.5 Å². The molecule has 11 heteroatoms. The molecule has 6 nitrogen and oxygen atoms in total. The highest BCUT2D eigenvalue weighted by molar-refractivity contribution is 14.1. The van der Waals surface area contributed by atoms with E-state index in [4.69, 9.17) is 33.2 Å². The molecule has 2 atom stereocenters. The van der Waals surface area contributed by atoms with Gasteiger partial charge in [-0.25, -0.2) is 23.9 Å². The maximum atomic E-state index is 14.5. The van der Waals surface area contributed by atoms with E-state index >= 15 is 0 Å². The molecule has 0 bridgehead atoms. The largest absolute Gasteiger partial charge is 0.351 e. The van der Waals surface area contributed by atoms with Crippen LogP contribution in [0.3, 0.4) is 0 Å². The minimum Gasteiger partial charge on any atom is -0.351 e. The first-order chi connectivity index (χ1) is 13.9. The Labute approximate surface area is 197 Å². The van der Waals surface area contributed by atoms with Gasteiger partial charge >= 0.3 is 0 Å². The summed E-state index contributed by atoms with van der Waals surface area (Å²) < 4.78 is 27.1. The van der Waals surface area contributed by atoms with E-state index in [0.29, 0.717) is 40.9 Å². The molecule has 0 aliphatic carbocycles. The Morgan fingerprint density at radius 2 is 2.07 bits per heavy atom. The number of nitrogens with zero attached hydrogens (tertiary/aromatic N) is 5. The standard InChI is InChI=1S/C19H21Cl2F2IN6/c1-18(2,3)17-25-15-14(16(26-17)29-7-6-19(23,24)9-29)27-30(28-15)8-10-11(20)4-5-12(22)13(10)21/h4-5,15,28H,6-9H2,1-3H3. The summed E-state index contributed by atoms with van der Waals surface area (Å²) in [7, 11) is 0. The lowest BCUT2D eigenvalue weighted by molar-refractivity contribution is 0.201. The van der Waals surface area contributed by atoms with E-state index in [-0.39, 0.29) is 23.5 Å². The summed E-state index contributed by atoms with van der Waals surface area (Å²) in [6.07, 6.45) is -0.0558. The van der Waals surface area contributed by atoms with Crippen LogP contribution in [0.4, 0.5) is 8.78 Å². The van der Waals surface area contributed by atoms with Gasteiger partial charge in [0.05, 0.1) is 18.1 Å². The number of rotatable bonds is 2. The van der Waals surface area contributed by atoms with Gasteiger partial charge in [0.25, 0.3) is 0 Å². The quantitative estimate of drug-likeness (QED) is 0.317. The van der Waals surface area contributed by atoms with Crippen molar-refractivity contribution in [3.8, 4) is 0 Å². The molecule has 3 heterocycles. The molecule has 30 heavy (non-hydrogen) atoms. The Kier molecular flexibility index (Phi) is 5.78. The second kappa shape index (κ2) is 7.83. The van der Waals surface area contributed by atoms with Crippen molar-refractivity contribution >= 4 is 63.2 Å². The predicted octanol–water partition coefficient (Wildman–Crippen LogP) is 4.80. The highest BCUT2D eigenvalue weighted by Gasteiger charge is 2.43. The molecular weight excluding hydrogens is 548 g/mol. The number of likely N-dealkylation sites (tertiary alicyclic amines) is 1. The van der Waals surface area contributed by atoms with E-state index in [0.717, 1.165) is 0 Å². The van der Waals surface area contributed by atoms with E-state index in [2.05, 4.69) is 10.5 Å². The minimum absolute atomic E-state index is 0.0428. The molecule has 0 aromatic heterocycles. The van der Waals surface area contributed by atoms with Crippen molar-refractivity contribution in [2.45, 2.75) is 43.6 Å². The number of halogens is 5. The van der Waals surface area contributed by atoms with Crippen LogP contribution in [0.1, 0.15) is 32.8 Å². The van der Waals surface area contributed by atoms with Crippen molar-refractivity contribution in [3.63, 3.8) is 0 Å². The predicted molar refractivity (Wildman–Crippen MR) is 125 cm³/mol. The Morgan fingerprint density at radius 3 is 2.70 bits per heavy atom. The van der Waals surface area contributed by atoms with Crippen LogP contribution in [0.15, 0.2) is 27.2 Å². The van der Waals surface area contributed by atoms with E-state index in [9.17, 15) is 8.78 Å². The SMILES string of the molecule is CC(C)(C)C1=NC2NN(Cc3c(Cl)ccc(F)c3Cl)N=C2C(N2CCC(F)(I)C2)=N1. The number of hydrogen-bond donors (Lipinski definition) is 1. The zero-order valence-corrected chi connectivity index (χ0v) is 20.4. The molecule has 3 aliphatic rings. The molecule has 1 fully saturated rings. The van der Waals surface area contributed by atoms with Crippen molar-refractivity contribution in [2.75, 3.05) is 13.1 Å². The lowest BCUT2D eigenvalue weighted by atomic mass is 9.94. The van der Waals surface area contributed by atoms with Crippen LogP contribution in [0.2, 0.25) is 10.0 Å². The average Bonchev–Trinajstić information content (AvgIpc) is 3.22. The van der Waals surface area contributed by atoms with Crippen LogP contribution in [-0.4, -0.2) is 50.3 Å². The average molecular weight is 569 g/mol. The molecule has 0 spiro atoms. The van der Waals surface area contributed by atoms with Gasteiger partial charge in [0.1, 0.15) is 17.4 Å². The summed E-state index contributed by atoms with van der Waals surface area (Å²) in [5, 5.41) is 6.43. The molecule has 1 N–H and O–H groups in total. The van der Waals surface area contributed by atoms with Crippen molar-refractivity contribution < 1.29 is 8.78 Å². The molecule has 3 aliphatic heterocycles. The molecule has 0 radical (unpaired) electrons. The number of hydrazine groups is 1. The van der Waals surface area contributed by atoms with Gasteiger partial charge in [-0.2, -0.15) is 10.5 Å². The summed E-state index contributed by atoms with van der Waals surface area (Å²) in [6.45, 7) is 6.99. The molecule has 0 amide bonds. The first kappa shape index (κ1) is 22.2. The Hall–Kier alpha value is -1.04. The molecule has 1 saturated heterocycles. The fourth-order valence-electron chi connectivity index (χ4n) is 3.44. The van der Waals surface area contributed by atoms with Gasteiger partial charge in [0.15, 0.2) is 15.7 Å². The molecule has 162 valence electrons. The normalized spacial score (nSPS) is 26.5. The number of amidine groups is 2. The smallest absolute Gasteiger partial charge is 0.180 e. The topological polar surface area (TPSA) is 55.6 Å². The second-order valence-electron chi connectivity index (χ2n) is 8.56. The molecule has 1 aromatic rings. The number of hydrazone groups is 1. The van der Waals surface area contributed by atoms with E-state index in [1.54, 1.807) is 0 Å². The number of aliphatic imine (C=N–C) groups is 2. The maximum absolute atomic E-state index is 14.5. The van der Waals surface area contributed by atoms with Gasteiger partial charge in [0, 0.05) is 29.0 Å². The lowest BCUT2D eigenvalue weighted by Crippen LogP contribution is -2.48. The number of nitrogens with one attached hydrogen (secondary N) is 1. The molecule has 2 unspecified atom stereocenters. The number of hydrogen-bond acceptors (Lipinski definition) is 6. The molecule has 0 saturated carbocycles. The van der Waals surface area contributed by atoms with Gasteiger partial charge in [-0.1, -0.05) is 44.0 Å². The van der Waals surface area contributed by atoms with Crippen molar-refractivity contribution in [3.05, 3.63) is 33.6 Å². The van der Waals surface area contributed by atoms with Crippen molar-refractivity contribution in [1.82, 2.24) is 15.4 Å². The second-order valence-corrected chi connectivity index (χ2v) is 11.3. The van der Waals surface area contributed by atoms with Crippen LogP contribution in [-0.2, 0) is 6.54 Å². The third kappa shape index (κ3) is 4.31. The van der Waals surface area contributed by atoms with Gasteiger partial charge in [0.2, 0.25) is 0 Å². The van der Waals surface area contributed by atoms with Crippen LogP contribution in [0.25, 0.3) is 0 Å². The third-order valence-corrected chi connectivity index (χ3v) is 6.68. The molecular formula is C19H21Cl2F2IN6. The summed E-state index contributed by atoms with van der Waals surface area (Å²) in [5.74, 6) is 0.721. The van der Waals surface area contributed by atoms with E-state index in [1.807, 2.05) is 48.3 Å². The maximum Gasteiger partial charge on any atom is 0.180 e. The summed E-state index contributed by atoms with van der Waals surface area (Å²) in [5.41, 5.74) is 3.91.